The van der Waals surface area contributed by atoms with Gasteiger partial charge in [-0.15, -0.1) is 11.3 Å². The van der Waals surface area contributed by atoms with Gasteiger partial charge in [0.2, 0.25) is 0 Å². The molecule has 4 heteroatoms. The van der Waals surface area contributed by atoms with Crippen molar-refractivity contribution in [2.24, 2.45) is 11.7 Å². The van der Waals surface area contributed by atoms with Crippen LogP contribution in [-0.4, -0.2) is 29.5 Å². The Bertz CT molecular complexity index is 423. The van der Waals surface area contributed by atoms with Crippen molar-refractivity contribution in [1.82, 2.24) is 9.88 Å². The molecule has 2 fully saturated rings. The van der Waals surface area contributed by atoms with Gasteiger partial charge < -0.3 is 10.6 Å². The van der Waals surface area contributed by atoms with Crippen LogP contribution < -0.4 is 5.73 Å². The summed E-state index contributed by atoms with van der Waals surface area (Å²) in [6.07, 6.45) is 6.44. The highest BCUT2D eigenvalue weighted by molar-refractivity contribution is 7.11. The van der Waals surface area contributed by atoms with Crippen LogP contribution in [0.5, 0.6) is 0 Å². The molecule has 2 aliphatic rings. The first-order valence-corrected chi connectivity index (χ1v) is 8.92. The minimum atomic E-state index is 0.146. The fourth-order valence-corrected chi connectivity index (χ4v) is 4.11. The Kier molecular flexibility index (Phi) is 4.43. The maximum absolute atomic E-state index is 6.11. The van der Waals surface area contributed by atoms with Crippen LogP contribution in [0, 0.1) is 5.92 Å². The summed E-state index contributed by atoms with van der Waals surface area (Å²) in [6.45, 7) is 8.16. The van der Waals surface area contributed by atoms with Gasteiger partial charge in [-0.3, -0.25) is 0 Å². The van der Waals surface area contributed by atoms with Gasteiger partial charge in [0.1, 0.15) is 0 Å². The molecule has 112 valence electrons. The molecular weight excluding hydrogens is 266 g/mol. The first-order valence-electron chi connectivity index (χ1n) is 8.11. The summed E-state index contributed by atoms with van der Waals surface area (Å²) in [6, 6.07) is 0.146. The molecule has 1 saturated heterocycles. The zero-order valence-corrected chi connectivity index (χ0v) is 13.6. The van der Waals surface area contributed by atoms with Gasteiger partial charge in [-0.05, 0) is 51.6 Å². The number of thiazole rings is 1. The van der Waals surface area contributed by atoms with E-state index in [9.17, 15) is 0 Å². The molecule has 3 rings (SSSR count). The molecule has 3 nitrogen and oxygen atoms in total. The van der Waals surface area contributed by atoms with Gasteiger partial charge in [0.15, 0.2) is 0 Å². The average Bonchev–Trinajstić information content (AvgIpc) is 3.18. The summed E-state index contributed by atoms with van der Waals surface area (Å²) in [5, 5.41) is 1.30. The molecule has 0 amide bonds. The Morgan fingerprint density at radius 2 is 2.00 bits per heavy atom. The second-order valence-corrected chi connectivity index (χ2v) is 7.81. The van der Waals surface area contributed by atoms with Crippen LogP contribution in [-0.2, 0) is 6.42 Å². The third kappa shape index (κ3) is 3.41. The van der Waals surface area contributed by atoms with Crippen molar-refractivity contribution in [2.75, 3.05) is 19.6 Å². The zero-order chi connectivity index (χ0) is 14.1. The highest BCUT2D eigenvalue weighted by Gasteiger charge is 2.30. The van der Waals surface area contributed by atoms with Crippen molar-refractivity contribution in [3.05, 3.63) is 15.6 Å². The molecular formula is C16H27N3S. The summed E-state index contributed by atoms with van der Waals surface area (Å²) < 4.78 is 0. The van der Waals surface area contributed by atoms with Gasteiger partial charge in [0, 0.05) is 29.8 Å². The zero-order valence-electron chi connectivity index (χ0n) is 12.8. The van der Waals surface area contributed by atoms with E-state index in [4.69, 9.17) is 10.7 Å². The number of hydrogen-bond acceptors (Lipinski definition) is 4. The average molecular weight is 293 g/mol. The normalized spacial score (nSPS) is 23.1. The lowest BCUT2D eigenvalue weighted by atomic mass is 9.99. The third-order valence-corrected chi connectivity index (χ3v) is 5.95. The van der Waals surface area contributed by atoms with Crippen LogP contribution in [0.1, 0.15) is 67.1 Å². The summed E-state index contributed by atoms with van der Waals surface area (Å²) in [5.74, 6) is 1.63. The molecule has 2 N–H and O–H groups in total. The van der Waals surface area contributed by atoms with Crippen LogP contribution in [0.4, 0.5) is 0 Å². The molecule has 0 bridgehead atoms. The number of nitrogens with two attached hydrogens (primary N) is 1. The molecule has 0 spiro atoms. The predicted octanol–water partition coefficient (Wildman–Crippen LogP) is 3.31. The van der Waals surface area contributed by atoms with Crippen LogP contribution in [0.2, 0.25) is 0 Å². The lowest BCUT2D eigenvalue weighted by Crippen LogP contribution is -2.34. The molecule has 2 heterocycles. The minimum Gasteiger partial charge on any atom is -0.323 e. The van der Waals surface area contributed by atoms with E-state index < -0.39 is 0 Å². The van der Waals surface area contributed by atoms with E-state index >= 15 is 0 Å². The maximum atomic E-state index is 6.11. The maximum Gasteiger partial charge on any atom is 0.0944 e. The summed E-state index contributed by atoms with van der Waals surface area (Å²) in [7, 11) is 0. The highest BCUT2D eigenvalue weighted by Crippen LogP contribution is 2.44. The fraction of sp³-hybridized carbons (Fsp3) is 0.812. The SMILES string of the molecule is CC1CCN(CCc2nc(C3CC3)c(C(C)N)s2)CC1. The predicted molar refractivity (Wildman–Crippen MR) is 85.2 cm³/mol. The molecule has 1 aliphatic carbocycles. The molecule has 0 aromatic carbocycles. The van der Waals surface area contributed by atoms with E-state index in [1.54, 1.807) is 0 Å². The van der Waals surface area contributed by atoms with Crippen molar-refractivity contribution in [3.63, 3.8) is 0 Å². The number of rotatable bonds is 5. The second kappa shape index (κ2) is 6.12. The van der Waals surface area contributed by atoms with Crippen LogP contribution >= 0.6 is 11.3 Å². The molecule has 1 aromatic rings. The first kappa shape index (κ1) is 14.5. The Hall–Kier alpha value is -0.450. The number of aromatic nitrogens is 1. The van der Waals surface area contributed by atoms with Crippen molar-refractivity contribution >= 4 is 11.3 Å². The highest BCUT2D eigenvalue weighted by atomic mass is 32.1. The Morgan fingerprint density at radius 1 is 1.30 bits per heavy atom. The van der Waals surface area contributed by atoms with E-state index in [1.807, 2.05) is 11.3 Å². The fourth-order valence-electron chi connectivity index (χ4n) is 3.01. The smallest absolute Gasteiger partial charge is 0.0944 e. The lowest BCUT2D eigenvalue weighted by molar-refractivity contribution is 0.194. The van der Waals surface area contributed by atoms with Crippen molar-refractivity contribution < 1.29 is 0 Å². The van der Waals surface area contributed by atoms with Gasteiger partial charge in [0.25, 0.3) is 0 Å². The summed E-state index contributed by atoms with van der Waals surface area (Å²) in [5.41, 5.74) is 7.43. The molecule has 1 unspecified atom stereocenters. The molecule has 1 saturated carbocycles. The second-order valence-electron chi connectivity index (χ2n) is 6.69. The first-order chi connectivity index (χ1) is 9.63. The van der Waals surface area contributed by atoms with E-state index in [2.05, 4.69) is 18.7 Å². The van der Waals surface area contributed by atoms with E-state index in [0.717, 1.165) is 18.3 Å². The third-order valence-electron chi connectivity index (χ3n) is 4.62. The van der Waals surface area contributed by atoms with Crippen LogP contribution in [0.25, 0.3) is 0 Å². The largest absolute Gasteiger partial charge is 0.323 e. The molecule has 1 atom stereocenters. The Balaban J connectivity index is 1.58. The molecule has 1 aromatic heterocycles. The van der Waals surface area contributed by atoms with Crippen LogP contribution in [0.15, 0.2) is 0 Å². The number of nitrogens with zero attached hydrogens (tertiary/aromatic N) is 2. The van der Waals surface area contributed by atoms with Gasteiger partial charge in [-0.2, -0.15) is 0 Å². The number of likely N-dealkylation sites (tertiary alicyclic amines) is 1. The minimum absolute atomic E-state index is 0.146. The van der Waals surface area contributed by atoms with Gasteiger partial charge in [-0.25, -0.2) is 4.98 Å². The monoisotopic (exact) mass is 293 g/mol. The quantitative estimate of drug-likeness (QED) is 0.905. The van der Waals surface area contributed by atoms with Crippen molar-refractivity contribution in [2.45, 2.75) is 57.9 Å². The van der Waals surface area contributed by atoms with E-state index in [0.29, 0.717) is 0 Å². The lowest BCUT2D eigenvalue weighted by Gasteiger charge is -2.29. The van der Waals surface area contributed by atoms with Gasteiger partial charge in [-0.1, -0.05) is 6.92 Å². The summed E-state index contributed by atoms with van der Waals surface area (Å²) in [4.78, 5) is 8.85. The molecule has 20 heavy (non-hydrogen) atoms. The standard InChI is InChI=1S/C16H27N3S/c1-11-5-8-19(9-6-11)10-7-14-18-15(13-3-4-13)16(20-14)12(2)17/h11-13H,3-10,17H2,1-2H3. The topological polar surface area (TPSA) is 42.2 Å². The number of piperidine rings is 1. The summed E-state index contributed by atoms with van der Waals surface area (Å²) >= 11 is 1.86. The van der Waals surface area contributed by atoms with Crippen LogP contribution in [0.3, 0.4) is 0 Å². The number of hydrogen-bond donors (Lipinski definition) is 1. The van der Waals surface area contributed by atoms with Crippen molar-refractivity contribution in [3.8, 4) is 0 Å². The van der Waals surface area contributed by atoms with E-state index in [1.165, 1.54) is 60.9 Å². The molecule has 0 radical (unpaired) electrons. The van der Waals surface area contributed by atoms with Gasteiger partial charge in [0.05, 0.1) is 10.7 Å². The molecule has 1 aliphatic heterocycles. The van der Waals surface area contributed by atoms with Gasteiger partial charge >= 0.3 is 0 Å². The Morgan fingerprint density at radius 3 is 2.60 bits per heavy atom. The Labute approximate surface area is 126 Å². The van der Waals surface area contributed by atoms with Crippen molar-refractivity contribution in [1.29, 1.82) is 0 Å². The van der Waals surface area contributed by atoms with E-state index in [-0.39, 0.29) is 6.04 Å².